The number of hydrogen-bond acceptors (Lipinski definition) is 8. The van der Waals surface area contributed by atoms with Gasteiger partial charge in [0.2, 0.25) is 11.5 Å². The minimum Gasteiger partial charge on any atom is -0.506 e. The zero-order valence-electron chi connectivity index (χ0n) is 29.2. The molecule has 6 rings (SSSR count). The molecule has 6 N–H and O–H groups in total. The number of aliphatic hydroxyl groups excluding tert-OH is 1. The van der Waals surface area contributed by atoms with Crippen LogP contribution >= 0.6 is 11.6 Å². The van der Waals surface area contributed by atoms with Crippen LogP contribution in [-0.2, 0) is 11.3 Å². The van der Waals surface area contributed by atoms with Crippen LogP contribution in [0.3, 0.4) is 0 Å². The van der Waals surface area contributed by atoms with Crippen molar-refractivity contribution in [2.45, 2.75) is 38.0 Å². The van der Waals surface area contributed by atoms with Gasteiger partial charge in [-0.3, -0.25) is 14.5 Å². The fourth-order valence-corrected chi connectivity index (χ4v) is 7.13. The van der Waals surface area contributed by atoms with Crippen LogP contribution in [0.1, 0.15) is 36.5 Å². The molecule has 2 amide bonds. The molecule has 1 aliphatic rings. The maximum absolute atomic E-state index is 13.0. The van der Waals surface area contributed by atoms with Crippen LogP contribution in [0.4, 0.5) is 16.2 Å². The molecular formula is C40H42ClN5O7. The molecule has 276 valence electrons. The van der Waals surface area contributed by atoms with E-state index in [4.69, 9.17) is 16.3 Å². The second kappa shape index (κ2) is 17.0. The highest BCUT2D eigenvalue weighted by molar-refractivity contribution is 6.33. The van der Waals surface area contributed by atoms with Gasteiger partial charge in [-0.2, -0.15) is 0 Å². The molecule has 0 saturated carbocycles. The molecule has 1 saturated heterocycles. The minimum absolute atomic E-state index is 0.0839. The maximum Gasteiger partial charge on any atom is 0.412 e. The molecule has 4 aromatic carbocycles. The van der Waals surface area contributed by atoms with E-state index in [0.717, 1.165) is 11.1 Å². The number of methoxy groups -OCH3 is 1. The number of H-pyrrole nitrogens is 1. The summed E-state index contributed by atoms with van der Waals surface area (Å²) in [5.41, 5.74) is 4.06. The molecule has 5 aromatic rings. The molecule has 53 heavy (non-hydrogen) atoms. The zero-order chi connectivity index (χ0) is 37.5. The van der Waals surface area contributed by atoms with Crippen molar-refractivity contribution in [1.29, 1.82) is 0 Å². The lowest BCUT2D eigenvalue weighted by Gasteiger charge is -2.37. The molecule has 2 heterocycles. The summed E-state index contributed by atoms with van der Waals surface area (Å²) < 4.78 is 5.58. The summed E-state index contributed by atoms with van der Waals surface area (Å²) in [5.74, 6) is 0.203. The average molecular weight is 740 g/mol. The number of phenols is 1. The Labute approximate surface area is 311 Å². The number of carboxylic acid groups (broad SMARTS) is 1. The Morgan fingerprint density at radius 1 is 1.02 bits per heavy atom. The summed E-state index contributed by atoms with van der Waals surface area (Å²) >= 11 is 6.59. The third-order valence-electron chi connectivity index (χ3n) is 9.59. The molecule has 13 heteroatoms. The largest absolute Gasteiger partial charge is 0.506 e. The number of nitrogens with one attached hydrogen (secondary N) is 3. The smallest absolute Gasteiger partial charge is 0.412 e. The van der Waals surface area contributed by atoms with Gasteiger partial charge in [0.25, 0.3) is 0 Å². The van der Waals surface area contributed by atoms with Gasteiger partial charge in [-0.05, 0) is 48.2 Å². The lowest BCUT2D eigenvalue weighted by atomic mass is 9.98. The molecule has 1 fully saturated rings. The zero-order valence-corrected chi connectivity index (χ0v) is 30.0. The molecule has 0 bridgehead atoms. The highest BCUT2D eigenvalue weighted by atomic mass is 35.5. The normalized spacial score (nSPS) is 14.2. The third kappa shape index (κ3) is 8.81. The molecule has 0 unspecified atom stereocenters. The number of aromatic amines is 1. The number of phenolic OH excluding ortho intramolecular Hbond substituents is 1. The monoisotopic (exact) mass is 739 g/mol. The Morgan fingerprint density at radius 2 is 1.75 bits per heavy atom. The fraction of sp³-hybridized carbons (Fsp3) is 0.275. The molecule has 0 radical (unpaired) electrons. The first-order chi connectivity index (χ1) is 25.6. The number of fused-ring (bicyclic) bond motifs is 1. The van der Waals surface area contributed by atoms with Crippen molar-refractivity contribution >= 4 is 45.9 Å². The van der Waals surface area contributed by atoms with E-state index in [1.807, 2.05) is 54.6 Å². The van der Waals surface area contributed by atoms with Gasteiger partial charge in [0, 0.05) is 73.8 Å². The third-order valence-corrected chi connectivity index (χ3v) is 9.91. The van der Waals surface area contributed by atoms with Crippen LogP contribution in [0, 0.1) is 0 Å². The van der Waals surface area contributed by atoms with Gasteiger partial charge in [-0.1, -0.05) is 66.2 Å². The Morgan fingerprint density at radius 3 is 2.49 bits per heavy atom. The predicted molar refractivity (Wildman–Crippen MR) is 206 cm³/mol. The number of anilines is 2. The number of para-hydroxylation sites is 1. The Kier molecular flexibility index (Phi) is 12.0. The van der Waals surface area contributed by atoms with Gasteiger partial charge in [0.05, 0.1) is 35.1 Å². The highest BCUT2D eigenvalue weighted by Crippen LogP contribution is 2.35. The summed E-state index contributed by atoms with van der Waals surface area (Å²) in [6, 6.07) is 26.5. The summed E-state index contributed by atoms with van der Waals surface area (Å²) in [6.45, 7) is 2.28. The summed E-state index contributed by atoms with van der Waals surface area (Å²) in [4.78, 5) is 43.6. The predicted octanol–water partition coefficient (Wildman–Crippen LogP) is 6.36. The number of carbonyl (C=O) groups is 2. The van der Waals surface area contributed by atoms with Crippen molar-refractivity contribution in [2.24, 2.45) is 0 Å². The van der Waals surface area contributed by atoms with Crippen molar-refractivity contribution in [1.82, 2.24) is 15.2 Å². The Hall–Kier alpha value is -5.40. The first-order valence-corrected chi connectivity index (χ1v) is 17.8. The lowest BCUT2D eigenvalue weighted by Crippen LogP contribution is -2.47. The highest BCUT2D eigenvalue weighted by Gasteiger charge is 2.30. The summed E-state index contributed by atoms with van der Waals surface area (Å²) in [6.07, 6.45) is -0.426. The van der Waals surface area contributed by atoms with Crippen LogP contribution < -0.4 is 25.8 Å². The van der Waals surface area contributed by atoms with E-state index < -0.39 is 12.2 Å². The Bertz CT molecular complexity index is 2140. The van der Waals surface area contributed by atoms with E-state index in [1.165, 1.54) is 24.1 Å². The van der Waals surface area contributed by atoms with Crippen molar-refractivity contribution < 1.29 is 29.6 Å². The number of rotatable bonds is 13. The van der Waals surface area contributed by atoms with Gasteiger partial charge in [0.1, 0.15) is 11.5 Å². The van der Waals surface area contributed by atoms with Crippen LogP contribution in [0.5, 0.6) is 11.5 Å². The quantitative estimate of drug-likeness (QED) is 0.0805. The topological polar surface area (TPSA) is 167 Å². The first kappa shape index (κ1) is 37.4. The van der Waals surface area contributed by atoms with E-state index >= 15 is 0 Å². The molecule has 1 aliphatic heterocycles. The van der Waals surface area contributed by atoms with Crippen LogP contribution in [0.25, 0.3) is 22.0 Å². The number of aromatic nitrogens is 1. The second-order valence-corrected chi connectivity index (χ2v) is 13.4. The molecular weight excluding hydrogens is 698 g/mol. The van der Waals surface area contributed by atoms with Gasteiger partial charge in [-0.25, -0.2) is 4.79 Å². The number of amides is 2. The van der Waals surface area contributed by atoms with E-state index in [9.17, 15) is 29.7 Å². The van der Waals surface area contributed by atoms with Crippen molar-refractivity contribution in [3.63, 3.8) is 0 Å². The van der Waals surface area contributed by atoms with Crippen molar-refractivity contribution in [3.8, 4) is 22.6 Å². The number of hydrogen-bond donors (Lipinski definition) is 6. The first-order valence-electron chi connectivity index (χ1n) is 17.4. The van der Waals surface area contributed by atoms with E-state index in [0.29, 0.717) is 77.7 Å². The summed E-state index contributed by atoms with van der Waals surface area (Å²) in [7, 11) is 1.52. The molecule has 1 atom stereocenters. The SMILES string of the molecule is COc1cc(NC(=O)CCN2CCC(N(C(=O)O)c3ccccc3-c3ccccc3)CC2)c(Cl)cc1CNC[C@@H](O)c1ccc(O)c2[nH]c(=O)ccc12. The minimum atomic E-state index is -0.986. The standard InChI is InChI=1S/C40H42ClN5O7/c1-53-36-22-32(31(41)21-26(36)23-42-24-35(48)29-11-13-34(47)39-30(29)12-14-37(49)44-39)43-38(50)17-20-45-18-15-27(16-19-45)46(40(51)52)33-10-6-5-9-28(33)25-7-3-2-4-8-25/h2-14,21-22,27,35,42,47-48H,15-20,23-24H2,1H3,(H,43,50)(H,44,49)(H,51,52)/t35-/m1/s1. The number of piperidine rings is 1. The molecule has 0 aliphatic carbocycles. The van der Waals surface area contributed by atoms with Crippen LogP contribution in [0.2, 0.25) is 5.02 Å². The Balaban J connectivity index is 1.01. The number of nitrogens with zero attached hydrogens (tertiary/aromatic N) is 2. The van der Waals surface area contributed by atoms with Gasteiger partial charge in [-0.15, -0.1) is 0 Å². The van der Waals surface area contributed by atoms with Gasteiger partial charge < -0.3 is 40.6 Å². The number of benzene rings is 4. The van der Waals surface area contributed by atoms with E-state index in [2.05, 4.69) is 20.5 Å². The number of aromatic hydroxyl groups is 1. The van der Waals surface area contributed by atoms with Gasteiger partial charge in [0.15, 0.2) is 0 Å². The van der Waals surface area contributed by atoms with Crippen LogP contribution in [0.15, 0.2) is 95.8 Å². The van der Waals surface area contributed by atoms with Gasteiger partial charge >= 0.3 is 6.09 Å². The lowest BCUT2D eigenvalue weighted by molar-refractivity contribution is -0.116. The molecule has 12 nitrogen and oxygen atoms in total. The summed E-state index contributed by atoms with van der Waals surface area (Å²) in [5, 5.41) is 38.3. The number of aliphatic hydroxyl groups is 1. The number of halogens is 1. The number of pyridine rings is 1. The van der Waals surface area contributed by atoms with E-state index in [-0.39, 0.29) is 41.7 Å². The average Bonchev–Trinajstić information content (AvgIpc) is 3.16. The van der Waals surface area contributed by atoms with E-state index in [1.54, 1.807) is 24.3 Å². The molecule has 1 aromatic heterocycles. The fourth-order valence-electron chi connectivity index (χ4n) is 6.90. The second-order valence-electron chi connectivity index (χ2n) is 13.0. The number of carbonyl (C=O) groups excluding carboxylic acids is 1. The van der Waals surface area contributed by atoms with Crippen molar-refractivity contribution in [2.75, 3.05) is 43.5 Å². The number of ether oxygens (including phenoxy) is 1. The maximum atomic E-state index is 13.0. The number of likely N-dealkylation sites (tertiary alicyclic amines) is 1. The molecule has 0 spiro atoms. The van der Waals surface area contributed by atoms with Crippen LogP contribution in [-0.4, -0.2) is 76.5 Å². The van der Waals surface area contributed by atoms with Crippen molar-refractivity contribution in [3.05, 3.63) is 117 Å².